The number of halogens is 1. The number of rotatable bonds is 4. The lowest BCUT2D eigenvalue weighted by Crippen LogP contribution is -2.25. The highest BCUT2D eigenvalue weighted by molar-refractivity contribution is 7.17. The van der Waals surface area contributed by atoms with Gasteiger partial charge in [0.05, 0.1) is 5.69 Å². The maximum Gasteiger partial charge on any atom is 0.269 e. The molecule has 2 heterocycles. The summed E-state index contributed by atoms with van der Waals surface area (Å²) >= 11 is 1.32. The molecular formula is C19H18FN3O2S. The maximum absolute atomic E-state index is 13.6. The lowest BCUT2D eigenvalue weighted by atomic mass is 9.99. The van der Waals surface area contributed by atoms with E-state index < -0.39 is 0 Å². The van der Waals surface area contributed by atoms with Gasteiger partial charge in [0.1, 0.15) is 11.5 Å². The van der Waals surface area contributed by atoms with Gasteiger partial charge in [-0.15, -0.1) is 11.3 Å². The number of aromatic nitrogens is 2. The van der Waals surface area contributed by atoms with Gasteiger partial charge in [-0.25, -0.2) is 13.8 Å². The molecule has 4 rings (SSSR count). The smallest absolute Gasteiger partial charge is 0.269 e. The van der Waals surface area contributed by atoms with Gasteiger partial charge in [-0.05, 0) is 48.9 Å². The Morgan fingerprint density at radius 1 is 1.38 bits per heavy atom. The molecule has 26 heavy (non-hydrogen) atoms. The second-order valence-electron chi connectivity index (χ2n) is 6.58. The molecule has 3 aromatic rings. The zero-order valence-corrected chi connectivity index (χ0v) is 15.3. The molecule has 0 aliphatic heterocycles. The van der Waals surface area contributed by atoms with Gasteiger partial charge >= 0.3 is 0 Å². The Balaban J connectivity index is 1.78. The first-order chi connectivity index (χ1) is 12.5. The standard InChI is InChI=1S/C19H18FN3O2S/c1-10-17(18(25)21-2)23-16(24)9-14(22-19(23)26-10)7-12-5-6-13(20)8-15(12)11-3-4-11/h5-6,8-9,11H,3-4,7H2,1-2H3,(H,21,25). The van der Waals surface area contributed by atoms with Crippen LogP contribution in [0.4, 0.5) is 4.39 Å². The van der Waals surface area contributed by atoms with Crippen LogP contribution in [0.5, 0.6) is 0 Å². The summed E-state index contributed by atoms with van der Waals surface area (Å²) < 4.78 is 15.0. The van der Waals surface area contributed by atoms with Crippen LogP contribution in [0.2, 0.25) is 0 Å². The number of thiazole rings is 1. The molecule has 0 bridgehead atoms. The van der Waals surface area contributed by atoms with Crippen molar-refractivity contribution in [2.24, 2.45) is 0 Å². The minimum atomic E-state index is -0.306. The number of fused-ring (bicyclic) bond motifs is 1. The first-order valence-electron chi connectivity index (χ1n) is 8.50. The summed E-state index contributed by atoms with van der Waals surface area (Å²) in [4.78, 5) is 30.5. The van der Waals surface area contributed by atoms with Gasteiger partial charge < -0.3 is 5.32 Å². The molecule has 1 aliphatic rings. The van der Waals surface area contributed by atoms with E-state index in [1.54, 1.807) is 19.1 Å². The van der Waals surface area contributed by atoms with Crippen LogP contribution in [-0.4, -0.2) is 22.3 Å². The Hall–Kier alpha value is -2.54. The molecule has 0 radical (unpaired) electrons. The largest absolute Gasteiger partial charge is 0.354 e. The van der Waals surface area contributed by atoms with Crippen LogP contribution >= 0.6 is 11.3 Å². The van der Waals surface area contributed by atoms with Crippen LogP contribution in [0.1, 0.15) is 50.9 Å². The lowest BCUT2D eigenvalue weighted by Gasteiger charge is -2.09. The van der Waals surface area contributed by atoms with Gasteiger partial charge in [-0.3, -0.25) is 9.59 Å². The highest BCUT2D eigenvalue weighted by Gasteiger charge is 2.27. The maximum atomic E-state index is 13.6. The van der Waals surface area contributed by atoms with Crippen molar-refractivity contribution in [1.29, 1.82) is 0 Å². The fourth-order valence-electron chi connectivity index (χ4n) is 3.29. The molecular weight excluding hydrogens is 353 g/mol. The molecule has 0 spiro atoms. The number of carbonyl (C=O) groups is 1. The fraction of sp³-hybridized carbons (Fsp3) is 0.316. The minimum Gasteiger partial charge on any atom is -0.354 e. The summed E-state index contributed by atoms with van der Waals surface area (Å²) in [6.45, 7) is 1.80. The molecule has 0 unspecified atom stereocenters. The van der Waals surface area contributed by atoms with Crippen molar-refractivity contribution in [2.75, 3.05) is 7.05 Å². The van der Waals surface area contributed by atoms with Gasteiger partial charge in [-0.2, -0.15) is 0 Å². The average molecular weight is 371 g/mol. The van der Waals surface area contributed by atoms with Crippen molar-refractivity contribution < 1.29 is 9.18 Å². The summed E-state index contributed by atoms with van der Waals surface area (Å²) in [7, 11) is 1.53. The Kier molecular flexibility index (Phi) is 4.11. The quantitative estimate of drug-likeness (QED) is 0.767. The number of hydrogen-bond donors (Lipinski definition) is 1. The number of carbonyl (C=O) groups excluding carboxylic acids is 1. The molecule has 1 amide bonds. The van der Waals surface area contributed by atoms with E-state index in [1.165, 1.54) is 34.9 Å². The van der Waals surface area contributed by atoms with Gasteiger partial charge in [-0.1, -0.05) is 6.07 Å². The normalized spacial score (nSPS) is 14.0. The lowest BCUT2D eigenvalue weighted by molar-refractivity contribution is 0.0956. The zero-order valence-electron chi connectivity index (χ0n) is 14.5. The van der Waals surface area contributed by atoms with E-state index in [4.69, 9.17) is 0 Å². The molecule has 1 saturated carbocycles. The second-order valence-corrected chi connectivity index (χ2v) is 7.77. The fourth-order valence-corrected chi connectivity index (χ4v) is 4.28. The number of hydrogen-bond acceptors (Lipinski definition) is 4. The third kappa shape index (κ3) is 2.92. The van der Waals surface area contributed by atoms with Crippen molar-refractivity contribution in [3.05, 3.63) is 67.8 Å². The molecule has 2 aromatic heterocycles. The molecule has 0 saturated heterocycles. The van der Waals surface area contributed by atoms with Crippen LogP contribution in [0.15, 0.2) is 29.1 Å². The molecule has 7 heteroatoms. The molecule has 1 fully saturated rings. The predicted molar refractivity (Wildman–Crippen MR) is 98.6 cm³/mol. The first-order valence-corrected chi connectivity index (χ1v) is 9.32. The molecule has 134 valence electrons. The van der Waals surface area contributed by atoms with E-state index >= 15 is 0 Å². The number of aryl methyl sites for hydroxylation is 1. The average Bonchev–Trinajstić information content (AvgIpc) is 3.38. The summed E-state index contributed by atoms with van der Waals surface area (Å²) in [5.41, 5.74) is 2.71. The molecule has 1 aromatic carbocycles. The topological polar surface area (TPSA) is 63.5 Å². The third-order valence-electron chi connectivity index (χ3n) is 4.68. The molecule has 1 N–H and O–H groups in total. The van der Waals surface area contributed by atoms with Crippen LogP contribution in [0.25, 0.3) is 4.96 Å². The SMILES string of the molecule is CNC(=O)c1c(C)sc2nc(Cc3ccc(F)cc3C3CC3)cc(=O)n12. The summed E-state index contributed by atoms with van der Waals surface area (Å²) in [6.07, 6.45) is 2.63. The van der Waals surface area contributed by atoms with E-state index in [0.717, 1.165) is 28.8 Å². The van der Waals surface area contributed by atoms with E-state index in [0.29, 0.717) is 28.7 Å². The van der Waals surface area contributed by atoms with Crippen LogP contribution in [-0.2, 0) is 6.42 Å². The van der Waals surface area contributed by atoms with Crippen molar-refractivity contribution in [3.63, 3.8) is 0 Å². The van der Waals surface area contributed by atoms with Crippen LogP contribution in [0.3, 0.4) is 0 Å². The van der Waals surface area contributed by atoms with E-state index in [1.807, 2.05) is 0 Å². The number of benzene rings is 1. The highest BCUT2D eigenvalue weighted by Crippen LogP contribution is 2.42. The third-order valence-corrected chi connectivity index (χ3v) is 5.64. The Morgan fingerprint density at radius 3 is 2.85 bits per heavy atom. The Bertz CT molecular complexity index is 1080. The number of nitrogens with zero attached hydrogens (tertiary/aromatic N) is 2. The van der Waals surface area contributed by atoms with Gasteiger partial charge in [0.2, 0.25) is 0 Å². The van der Waals surface area contributed by atoms with Crippen molar-refractivity contribution in [1.82, 2.24) is 14.7 Å². The monoisotopic (exact) mass is 371 g/mol. The predicted octanol–water partition coefficient (Wildman–Crippen LogP) is 3.03. The van der Waals surface area contributed by atoms with Gasteiger partial charge in [0, 0.05) is 24.4 Å². The van der Waals surface area contributed by atoms with Gasteiger partial charge in [0.25, 0.3) is 11.5 Å². The van der Waals surface area contributed by atoms with Crippen LogP contribution < -0.4 is 10.9 Å². The zero-order chi connectivity index (χ0) is 18.4. The Labute approximate surface area is 153 Å². The van der Waals surface area contributed by atoms with E-state index in [9.17, 15) is 14.0 Å². The Morgan fingerprint density at radius 2 is 2.15 bits per heavy atom. The minimum absolute atomic E-state index is 0.233. The van der Waals surface area contributed by atoms with E-state index in [-0.39, 0.29) is 17.3 Å². The van der Waals surface area contributed by atoms with Crippen LogP contribution in [0, 0.1) is 12.7 Å². The number of nitrogens with one attached hydrogen (secondary N) is 1. The summed E-state index contributed by atoms with van der Waals surface area (Å²) in [6, 6.07) is 6.29. The molecule has 5 nitrogen and oxygen atoms in total. The summed E-state index contributed by atoms with van der Waals surface area (Å²) in [5, 5.41) is 2.56. The molecule has 0 atom stereocenters. The second kappa shape index (κ2) is 6.32. The van der Waals surface area contributed by atoms with Crippen molar-refractivity contribution in [3.8, 4) is 0 Å². The highest BCUT2D eigenvalue weighted by atomic mass is 32.1. The molecule has 1 aliphatic carbocycles. The summed E-state index contributed by atoms with van der Waals surface area (Å²) in [5.74, 6) is -0.127. The van der Waals surface area contributed by atoms with Crippen molar-refractivity contribution in [2.45, 2.75) is 32.1 Å². The van der Waals surface area contributed by atoms with Gasteiger partial charge in [0.15, 0.2) is 4.96 Å². The van der Waals surface area contributed by atoms with E-state index in [2.05, 4.69) is 10.3 Å². The number of amides is 1. The van der Waals surface area contributed by atoms with Crippen molar-refractivity contribution >= 4 is 22.2 Å². The first kappa shape index (κ1) is 16.9.